The highest BCUT2D eigenvalue weighted by atomic mass is 16.3. The quantitative estimate of drug-likeness (QED) is 0.668. The van der Waals surface area contributed by atoms with Crippen LogP contribution in [0.15, 0.2) is 39.5 Å². The smallest absolute Gasteiger partial charge is 0.197 e. The Bertz CT molecular complexity index is 1010. The number of phenolic OH excluding ortho intramolecular Hbond substituents is 3. The van der Waals surface area contributed by atoms with Gasteiger partial charge in [-0.15, -0.1) is 0 Å². The van der Waals surface area contributed by atoms with Gasteiger partial charge >= 0.3 is 0 Å². The predicted octanol–water partition coefficient (Wildman–Crippen LogP) is 3.70. The van der Waals surface area contributed by atoms with Gasteiger partial charge in [0, 0.05) is 17.2 Å². The molecule has 0 fully saturated rings. The minimum Gasteiger partial charge on any atom is -0.508 e. The summed E-state index contributed by atoms with van der Waals surface area (Å²) >= 11 is 0. The van der Waals surface area contributed by atoms with Gasteiger partial charge in [-0.2, -0.15) is 0 Å². The van der Waals surface area contributed by atoms with E-state index in [0.29, 0.717) is 11.3 Å². The van der Waals surface area contributed by atoms with Gasteiger partial charge in [0.25, 0.3) is 0 Å². The molecule has 0 unspecified atom stereocenters. The lowest BCUT2D eigenvalue weighted by atomic mass is 10.0. The fourth-order valence-corrected chi connectivity index (χ4v) is 2.53. The van der Waals surface area contributed by atoms with Crippen LogP contribution in [-0.2, 0) is 0 Å². The molecule has 2 aromatic carbocycles. The first-order chi connectivity index (χ1) is 11.4. The second kappa shape index (κ2) is 5.77. The van der Waals surface area contributed by atoms with Crippen LogP contribution in [0.3, 0.4) is 0 Å². The second-order valence-corrected chi connectivity index (χ2v) is 5.59. The van der Waals surface area contributed by atoms with Crippen molar-refractivity contribution in [3.8, 4) is 17.2 Å². The number of aromatic hydroxyl groups is 3. The summed E-state index contributed by atoms with van der Waals surface area (Å²) in [5.41, 5.74) is 1.25. The summed E-state index contributed by atoms with van der Waals surface area (Å²) in [6, 6.07) is 7.84. The molecule has 3 N–H and O–H groups in total. The van der Waals surface area contributed by atoms with Crippen molar-refractivity contribution in [3.63, 3.8) is 0 Å². The Hall–Kier alpha value is -3.21. The van der Waals surface area contributed by atoms with E-state index >= 15 is 0 Å². The Morgan fingerprint density at radius 3 is 2.25 bits per heavy atom. The predicted molar refractivity (Wildman–Crippen MR) is 92.3 cm³/mol. The molecule has 1 heterocycles. The van der Waals surface area contributed by atoms with E-state index in [2.05, 4.69) is 0 Å². The number of hydrogen-bond donors (Lipinski definition) is 3. The van der Waals surface area contributed by atoms with Crippen LogP contribution < -0.4 is 5.43 Å². The average molecular weight is 324 g/mol. The van der Waals surface area contributed by atoms with Gasteiger partial charge in [-0.1, -0.05) is 18.2 Å². The third kappa shape index (κ3) is 2.60. The topological polar surface area (TPSA) is 90.9 Å². The molecule has 0 bridgehead atoms. The molecule has 122 valence electrons. The van der Waals surface area contributed by atoms with Crippen LogP contribution >= 0.6 is 0 Å². The van der Waals surface area contributed by atoms with E-state index in [4.69, 9.17) is 4.42 Å². The van der Waals surface area contributed by atoms with Crippen LogP contribution in [0.5, 0.6) is 17.2 Å². The maximum absolute atomic E-state index is 12.3. The molecule has 0 atom stereocenters. The highest BCUT2D eigenvalue weighted by Gasteiger charge is 2.18. The molecule has 3 rings (SSSR count). The lowest BCUT2D eigenvalue weighted by Gasteiger charge is -2.10. The first-order valence-corrected chi connectivity index (χ1v) is 7.34. The van der Waals surface area contributed by atoms with Gasteiger partial charge in [-0.25, -0.2) is 0 Å². The minimum absolute atomic E-state index is 0.0598. The number of phenols is 3. The Balaban J connectivity index is 2.14. The highest BCUT2D eigenvalue weighted by molar-refractivity contribution is 5.90. The third-order valence-electron chi connectivity index (χ3n) is 3.94. The zero-order chi connectivity index (χ0) is 17.4. The normalized spacial score (nSPS) is 11.4. The van der Waals surface area contributed by atoms with Gasteiger partial charge in [0.1, 0.15) is 34.0 Å². The van der Waals surface area contributed by atoms with Crippen LogP contribution in [-0.4, -0.2) is 15.3 Å². The number of benzene rings is 2. The number of hydrogen-bond acceptors (Lipinski definition) is 5. The van der Waals surface area contributed by atoms with E-state index in [0.717, 1.165) is 5.56 Å². The fraction of sp³-hybridized carbons (Fsp3) is 0.105. The van der Waals surface area contributed by atoms with Crippen LogP contribution in [0.1, 0.15) is 22.5 Å². The van der Waals surface area contributed by atoms with Crippen molar-refractivity contribution in [1.29, 1.82) is 0 Å². The molecule has 1 aromatic heterocycles. The van der Waals surface area contributed by atoms with E-state index in [-0.39, 0.29) is 39.2 Å². The molecule has 0 aliphatic carbocycles. The lowest BCUT2D eigenvalue weighted by Crippen LogP contribution is -2.03. The van der Waals surface area contributed by atoms with Crippen molar-refractivity contribution in [2.24, 2.45) is 0 Å². The summed E-state index contributed by atoms with van der Waals surface area (Å²) in [4.78, 5) is 12.3. The Kier molecular flexibility index (Phi) is 3.77. The van der Waals surface area contributed by atoms with Crippen molar-refractivity contribution in [2.75, 3.05) is 0 Å². The van der Waals surface area contributed by atoms with Crippen LogP contribution in [0.25, 0.3) is 23.1 Å². The third-order valence-corrected chi connectivity index (χ3v) is 3.94. The van der Waals surface area contributed by atoms with Gasteiger partial charge in [0.05, 0.1) is 0 Å². The van der Waals surface area contributed by atoms with E-state index in [1.165, 1.54) is 13.0 Å². The fourth-order valence-electron chi connectivity index (χ4n) is 2.53. The molecule has 24 heavy (non-hydrogen) atoms. The van der Waals surface area contributed by atoms with Crippen LogP contribution in [0, 0.1) is 13.8 Å². The molecule has 0 aliphatic rings. The number of aryl methyl sites for hydroxylation is 1. The molecule has 0 saturated heterocycles. The van der Waals surface area contributed by atoms with Gasteiger partial charge in [0.2, 0.25) is 0 Å². The van der Waals surface area contributed by atoms with Gasteiger partial charge < -0.3 is 19.7 Å². The van der Waals surface area contributed by atoms with Crippen molar-refractivity contribution < 1.29 is 19.7 Å². The van der Waals surface area contributed by atoms with Crippen LogP contribution in [0.2, 0.25) is 0 Å². The molecule has 0 aliphatic heterocycles. The van der Waals surface area contributed by atoms with E-state index in [1.807, 2.05) is 0 Å². The standard InChI is InChI=1S/C19H16O5/c1-10-17(22)11(2)19-16(18(10)23)15(21)9-14(24-19)8-5-12-3-6-13(20)7-4-12/h3-9,20,22-23H,1-2H3/b8-5+. The summed E-state index contributed by atoms with van der Waals surface area (Å²) in [6.07, 6.45) is 3.34. The van der Waals surface area contributed by atoms with Gasteiger partial charge in [-0.3, -0.25) is 4.79 Å². The number of rotatable bonds is 2. The minimum atomic E-state index is -0.384. The molecule has 0 amide bonds. The van der Waals surface area contributed by atoms with Crippen molar-refractivity contribution >= 4 is 23.1 Å². The molecular weight excluding hydrogens is 308 g/mol. The second-order valence-electron chi connectivity index (χ2n) is 5.59. The van der Waals surface area contributed by atoms with Gasteiger partial charge in [-0.05, 0) is 37.6 Å². The zero-order valence-corrected chi connectivity index (χ0v) is 13.2. The first-order valence-electron chi connectivity index (χ1n) is 7.34. The Morgan fingerprint density at radius 2 is 1.58 bits per heavy atom. The SMILES string of the molecule is Cc1c(O)c(C)c2oc(/C=C/c3ccc(O)cc3)cc(=O)c2c1O. The van der Waals surface area contributed by atoms with Crippen LogP contribution in [0.4, 0.5) is 0 Å². The maximum Gasteiger partial charge on any atom is 0.197 e. The average Bonchev–Trinajstić information content (AvgIpc) is 2.57. The van der Waals surface area contributed by atoms with Crippen molar-refractivity contribution in [3.05, 3.63) is 63.0 Å². The van der Waals surface area contributed by atoms with Gasteiger partial charge in [0.15, 0.2) is 5.43 Å². The summed E-state index contributed by atoms with van der Waals surface area (Å²) in [5, 5.41) is 29.5. The lowest BCUT2D eigenvalue weighted by molar-refractivity contribution is 0.441. The number of fused-ring (bicyclic) bond motifs is 1. The first kappa shape index (κ1) is 15.7. The maximum atomic E-state index is 12.3. The summed E-state index contributed by atoms with van der Waals surface area (Å²) in [7, 11) is 0. The largest absolute Gasteiger partial charge is 0.508 e. The van der Waals surface area contributed by atoms with E-state index in [1.54, 1.807) is 43.3 Å². The summed E-state index contributed by atoms with van der Waals surface area (Å²) < 4.78 is 5.68. The van der Waals surface area contributed by atoms with E-state index in [9.17, 15) is 20.1 Å². The molecule has 0 spiro atoms. The highest BCUT2D eigenvalue weighted by Crippen LogP contribution is 2.37. The Morgan fingerprint density at radius 1 is 0.917 bits per heavy atom. The monoisotopic (exact) mass is 324 g/mol. The molecular formula is C19H16O5. The molecule has 5 heteroatoms. The van der Waals surface area contributed by atoms with Crippen molar-refractivity contribution in [2.45, 2.75) is 13.8 Å². The molecule has 5 nitrogen and oxygen atoms in total. The Labute approximate surface area is 137 Å². The molecule has 3 aromatic rings. The molecule has 0 saturated carbocycles. The summed E-state index contributed by atoms with van der Waals surface area (Å²) in [5.74, 6) is 0.103. The summed E-state index contributed by atoms with van der Waals surface area (Å²) in [6.45, 7) is 3.16. The zero-order valence-electron chi connectivity index (χ0n) is 13.2. The van der Waals surface area contributed by atoms with E-state index < -0.39 is 0 Å². The molecule has 0 radical (unpaired) electrons. The van der Waals surface area contributed by atoms with Crippen molar-refractivity contribution in [1.82, 2.24) is 0 Å².